The number of aryl methyl sites for hydroxylation is 1. The van der Waals surface area contributed by atoms with Crippen LogP contribution < -0.4 is 5.32 Å². The molecular formula is C13H15BrN6. The average molecular weight is 335 g/mol. The van der Waals surface area contributed by atoms with Crippen LogP contribution in [-0.4, -0.2) is 24.4 Å². The lowest BCUT2D eigenvalue weighted by Crippen LogP contribution is -2.14. The van der Waals surface area contributed by atoms with Crippen molar-refractivity contribution in [3.63, 3.8) is 0 Å². The van der Waals surface area contributed by atoms with Crippen molar-refractivity contribution in [2.24, 2.45) is 0 Å². The molecule has 6 nitrogen and oxygen atoms in total. The van der Waals surface area contributed by atoms with E-state index in [1.54, 1.807) is 16.9 Å². The first-order chi connectivity index (χ1) is 9.70. The van der Waals surface area contributed by atoms with Gasteiger partial charge in [-0.1, -0.05) is 0 Å². The normalized spacial score (nSPS) is 12.8. The summed E-state index contributed by atoms with van der Waals surface area (Å²) in [6.45, 7) is 5.02. The molecule has 0 aliphatic rings. The third-order valence-corrected chi connectivity index (χ3v) is 3.81. The molecule has 20 heavy (non-hydrogen) atoms. The second-order valence-electron chi connectivity index (χ2n) is 4.50. The highest BCUT2D eigenvalue weighted by atomic mass is 79.9. The molecule has 104 valence electrons. The number of rotatable bonds is 4. The molecule has 3 aromatic heterocycles. The molecule has 1 atom stereocenters. The predicted molar refractivity (Wildman–Crippen MR) is 80.6 cm³/mol. The minimum atomic E-state index is 0.109. The Morgan fingerprint density at radius 3 is 3.00 bits per heavy atom. The van der Waals surface area contributed by atoms with Gasteiger partial charge in [-0.2, -0.15) is 10.2 Å². The fraction of sp³-hybridized carbons (Fsp3) is 0.308. The fourth-order valence-electron chi connectivity index (χ4n) is 2.27. The summed E-state index contributed by atoms with van der Waals surface area (Å²) in [5, 5.41) is 12.0. The topological polar surface area (TPSA) is 60.0 Å². The highest BCUT2D eigenvalue weighted by Crippen LogP contribution is 2.26. The first kappa shape index (κ1) is 13.1. The van der Waals surface area contributed by atoms with Gasteiger partial charge in [0.05, 0.1) is 22.4 Å². The zero-order chi connectivity index (χ0) is 14.1. The minimum Gasteiger partial charge on any atom is -0.360 e. The molecule has 0 saturated carbocycles. The molecule has 1 unspecified atom stereocenters. The maximum Gasteiger partial charge on any atom is 0.153 e. The molecule has 3 heterocycles. The second-order valence-corrected chi connectivity index (χ2v) is 5.35. The maximum atomic E-state index is 4.41. The van der Waals surface area contributed by atoms with E-state index in [1.807, 2.05) is 23.1 Å². The van der Waals surface area contributed by atoms with E-state index in [0.29, 0.717) is 0 Å². The summed E-state index contributed by atoms with van der Waals surface area (Å²) in [7, 11) is 0. The molecule has 0 aromatic carbocycles. The number of hydrogen-bond acceptors (Lipinski definition) is 4. The van der Waals surface area contributed by atoms with Crippen molar-refractivity contribution in [3.8, 4) is 0 Å². The van der Waals surface area contributed by atoms with Crippen LogP contribution in [0.5, 0.6) is 0 Å². The van der Waals surface area contributed by atoms with E-state index in [-0.39, 0.29) is 6.04 Å². The Morgan fingerprint density at radius 1 is 1.35 bits per heavy atom. The minimum absolute atomic E-state index is 0.109. The van der Waals surface area contributed by atoms with Crippen molar-refractivity contribution in [3.05, 3.63) is 41.0 Å². The van der Waals surface area contributed by atoms with E-state index in [1.165, 1.54) is 0 Å². The van der Waals surface area contributed by atoms with Gasteiger partial charge in [-0.3, -0.25) is 4.68 Å². The molecule has 7 heteroatoms. The summed E-state index contributed by atoms with van der Waals surface area (Å²) in [6, 6.07) is 2.13. The van der Waals surface area contributed by atoms with Gasteiger partial charge in [0, 0.05) is 25.1 Å². The number of nitrogens with zero attached hydrogens (tertiary/aromatic N) is 5. The van der Waals surface area contributed by atoms with Crippen LogP contribution in [0.4, 0.5) is 5.82 Å². The monoisotopic (exact) mass is 334 g/mol. The Kier molecular flexibility index (Phi) is 3.43. The van der Waals surface area contributed by atoms with E-state index >= 15 is 0 Å². The summed E-state index contributed by atoms with van der Waals surface area (Å²) in [4.78, 5) is 4.41. The predicted octanol–water partition coefficient (Wildman–Crippen LogP) is 2.88. The summed E-state index contributed by atoms with van der Waals surface area (Å²) in [6.07, 6.45) is 7.15. The van der Waals surface area contributed by atoms with Crippen LogP contribution in [0, 0.1) is 0 Å². The highest BCUT2D eigenvalue weighted by molar-refractivity contribution is 9.10. The molecule has 0 saturated heterocycles. The number of fused-ring (bicyclic) bond motifs is 1. The van der Waals surface area contributed by atoms with E-state index in [2.05, 4.69) is 50.3 Å². The molecule has 0 aliphatic carbocycles. The van der Waals surface area contributed by atoms with Crippen LogP contribution in [0.1, 0.15) is 25.6 Å². The van der Waals surface area contributed by atoms with Crippen molar-refractivity contribution < 1.29 is 0 Å². The van der Waals surface area contributed by atoms with Crippen LogP contribution in [0.2, 0.25) is 0 Å². The van der Waals surface area contributed by atoms with Crippen molar-refractivity contribution in [1.29, 1.82) is 0 Å². The Bertz CT molecular complexity index is 731. The van der Waals surface area contributed by atoms with Crippen molar-refractivity contribution >= 4 is 27.3 Å². The third-order valence-electron chi connectivity index (χ3n) is 3.23. The zero-order valence-corrected chi connectivity index (χ0v) is 12.9. The number of hydrogen-bond donors (Lipinski definition) is 1. The van der Waals surface area contributed by atoms with Gasteiger partial charge in [0.15, 0.2) is 5.82 Å². The van der Waals surface area contributed by atoms with E-state index in [9.17, 15) is 0 Å². The van der Waals surface area contributed by atoms with E-state index in [0.717, 1.165) is 28.0 Å². The molecule has 1 N–H and O–H groups in total. The largest absolute Gasteiger partial charge is 0.360 e. The Balaban J connectivity index is 1.95. The van der Waals surface area contributed by atoms with E-state index < -0.39 is 0 Å². The first-order valence-corrected chi connectivity index (χ1v) is 7.26. The van der Waals surface area contributed by atoms with Gasteiger partial charge in [0.1, 0.15) is 5.52 Å². The molecule has 3 rings (SSSR count). The average Bonchev–Trinajstić information content (AvgIpc) is 3.06. The maximum absolute atomic E-state index is 4.41. The van der Waals surface area contributed by atoms with Crippen molar-refractivity contribution in [2.45, 2.75) is 26.4 Å². The third kappa shape index (κ3) is 2.18. The van der Waals surface area contributed by atoms with Crippen LogP contribution in [0.3, 0.4) is 0 Å². The summed E-state index contributed by atoms with van der Waals surface area (Å²) < 4.78 is 4.69. The summed E-state index contributed by atoms with van der Waals surface area (Å²) >= 11 is 3.50. The van der Waals surface area contributed by atoms with E-state index in [4.69, 9.17) is 0 Å². The molecule has 0 aliphatic heterocycles. The van der Waals surface area contributed by atoms with Gasteiger partial charge in [-0.05, 0) is 35.8 Å². The number of halogens is 1. The number of nitrogens with one attached hydrogen (secondary N) is 1. The lowest BCUT2D eigenvalue weighted by Gasteiger charge is -2.16. The van der Waals surface area contributed by atoms with Gasteiger partial charge in [0.2, 0.25) is 0 Å². The lowest BCUT2D eigenvalue weighted by molar-refractivity contribution is 0.601. The highest BCUT2D eigenvalue weighted by Gasteiger charge is 2.14. The smallest absolute Gasteiger partial charge is 0.153 e. The fourth-order valence-corrected chi connectivity index (χ4v) is 2.73. The Labute approximate surface area is 124 Å². The van der Waals surface area contributed by atoms with Crippen LogP contribution in [0.15, 0.2) is 35.3 Å². The molecule has 3 aromatic rings. The van der Waals surface area contributed by atoms with Crippen molar-refractivity contribution in [2.75, 3.05) is 5.32 Å². The van der Waals surface area contributed by atoms with Crippen LogP contribution >= 0.6 is 15.9 Å². The Hall–Kier alpha value is -1.89. The molecule has 0 bridgehead atoms. The van der Waals surface area contributed by atoms with Gasteiger partial charge >= 0.3 is 0 Å². The van der Waals surface area contributed by atoms with Crippen molar-refractivity contribution in [1.82, 2.24) is 24.4 Å². The SMILES string of the molecule is CCn1nccc1C(C)Nc1nccn2ncc(Br)c12. The summed E-state index contributed by atoms with van der Waals surface area (Å²) in [5.74, 6) is 0.799. The first-order valence-electron chi connectivity index (χ1n) is 6.46. The number of anilines is 1. The van der Waals surface area contributed by atoms with Crippen LogP contribution in [0.25, 0.3) is 5.52 Å². The molecule has 0 radical (unpaired) electrons. The van der Waals surface area contributed by atoms with Gasteiger partial charge < -0.3 is 5.32 Å². The number of aromatic nitrogens is 5. The quantitative estimate of drug-likeness (QED) is 0.796. The van der Waals surface area contributed by atoms with Gasteiger partial charge in [-0.25, -0.2) is 9.50 Å². The molecular weight excluding hydrogens is 320 g/mol. The van der Waals surface area contributed by atoms with Gasteiger partial charge in [-0.15, -0.1) is 0 Å². The molecule has 0 spiro atoms. The second kappa shape index (κ2) is 5.24. The lowest BCUT2D eigenvalue weighted by atomic mass is 10.2. The van der Waals surface area contributed by atoms with Crippen LogP contribution in [-0.2, 0) is 6.54 Å². The van der Waals surface area contributed by atoms with Gasteiger partial charge in [0.25, 0.3) is 0 Å². The standard InChI is InChI=1S/C13H15BrN6/c1-3-19-11(4-5-16-19)9(2)18-13-12-10(14)8-17-20(12)7-6-15-13/h4-9H,3H2,1-2H3,(H,15,18). The summed E-state index contributed by atoms with van der Waals surface area (Å²) in [5.41, 5.74) is 2.06. The molecule has 0 fully saturated rings. The zero-order valence-electron chi connectivity index (χ0n) is 11.3. The Morgan fingerprint density at radius 2 is 2.20 bits per heavy atom. The molecule has 0 amide bonds.